The molecule has 2 atom stereocenters. The molecule has 3 aliphatic heterocycles. The van der Waals surface area contributed by atoms with E-state index in [2.05, 4.69) is 28.4 Å². The number of anilines is 1. The van der Waals surface area contributed by atoms with Crippen LogP contribution in [0.5, 0.6) is 5.75 Å². The Morgan fingerprint density at radius 2 is 1.75 bits per heavy atom. The minimum atomic E-state index is -0.248. The van der Waals surface area contributed by atoms with E-state index in [1.807, 2.05) is 36.4 Å². The number of hydrogen-bond acceptors (Lipinski definition) is 6. The SMILES string of the molecule is O=C(OCc1ccccc1)N1CCC(Oc2cccc(N3[C@@H]4CNC[C@H]3COC4)c2)CC1. The van der Waals surface area contributed by atoms with Gasteiger partial charge >= 0.3 is 6.09 Å². The molecule has 3 heterocycles. The summed E-state index contributed by atoms with van der Waals surface area (Å²) in [6, 6.07) is 18.9. The molecule has 3 fully saturated rings. The minimum Gasteiger partial charge on any atom is -0.490 e. The number of likely N-dealkylation sites (tertiary alicyclic amines) is 1. The summed E-state index contributed by atoms with van der Waals surface area (Å²) < 4.78 is 17.5. The van der Waals surface area contributed by atoms with Gasteiger partial charge in [-0.2, -0.15) is 0 Å². The van der Waals surface area contributed by atoms with Crippen LogP contribution < -0.4 is 15.0 Å². The zero-order valence-corrected chi connectivity index (χ0v) is 18.3. The fourth-order valence-corrected chi connectivity index (χ4v) is 4.83. The molecule has 2 aromatic carbocycles. The Kier molecular flexibility index (Phi) is 6.46. The Morgan fingerprint density at radius 3 is 2.50 bits per heavy atom. The van der Waals surface area contributed by atoms with E-state index < -0.39 is 0 Å². The van der Waals surface area contributed by atoms with Gasteiger partial charge < -0.3 is 29.3 Å². The molecule has 7 nitrogen and oxygen atoms in total. The normalized spacial score (nSPS) is 23.6. The fraction of sp³-hybridized carbons (Fsp3) is 0.480. The fourth-order valence-electron chi connectivity index (χ4n) is 4.83. The van der Waals surface area contributed by atoms with Crippen molar-refractivity contribution in [2.75, 3.05) is 44.3 Å². The zero-order chi connectivity index (χ0) is 21.8. The largest absolute Gasteiger partial charge is 0.490 e. The number of carbonyl (C=O) groups is 1. The van der Waals surface area contributed by atoms with Crippen LogP contribution in [0.1, 0.15) is 18.4 Å². The Balaban J connectivity index is 1.13. The summed E-state index contributed by atoms with van der Waals surface area (Å²) in [5.41, 5.74) is 2.20. The maximum Gasteiger partial charge on any atom is 0.410 e. The Hall–Kier alpha value is -2.77. The summed E-state index contributed by atoms with van der Waals surface area (Å²) in [5.74, 6) is 0.894. The second-order valence-electron chi connectivity index (χ2n) is 8.75. The molecule has 5 rings (SSSR count). The average molecular weight is 438 g/mol. The van der Waals surface area contributed by atoms with E-state index in [0.29, 0.717) is 31.8 Å². The number of benzene rings is 2. The number of piperidine rings is 1. The number of amides is 1. The molecule has 3 aliphatic rings. The molecule has 0 aromatic heterocycles. The number of piperazine rings is 1. The van der Waals surface area contributed by atoms with Gasteiger partial charge in [-0.25, -0.2) is 4.79 Å². The van der Waals surface area contributed by atoms with E-state index >= 15 is 0 Å². The molecule has 0 unspecified atom stereocenters. The van der Waals surface area contributed by atoms with E-state index in [4.69, 9.17) is 14.2 Å². The average Bonchev–Trinajstić information content (AvgIpc) is 2.83. The first-order valence-electron chi connectivity index (χ1n) is 11.6. The number of nitrogens with one attached hydrogen (secondary N) is 1. The molecule has 2 bridgehead atoms. The van der Waals surface area contributed by atoms with Crippen molar-refractivity contribution in [2.24, 2.45) is 0 Å². The smallest absolute Gasteiger partial charge is 0.410 e. The number of hydrogen-bond donors (Lipinski definition) is 1. The predicted octanol–water partition coefficient (Wildman–Crippen LogP) is 3.04. The molecule has 0 radical (unpaired) electrons. The van der Waals surface area contributed by atoms with Crippen molar-refractivity contribution < 1.29 is 19.0 Å². The van der Waals surface area contributed by atoms with E-state index in [-0.39, 0.29) is 12.2 Å². The van der Waals surface area contributed by atoms with Gasteiger partial charge in [0.15, 0.2) is 0 Å². The maximum atomic E-state index is 12.4. The summed E-state index contributed by atoms with van der Waals surface area (Å²) in [6.45, 7) is 5.01. The summed E-state index contributed by atoms with van der Waals surface area (Å²) in [4.78, 5) is 16.7. The van der Waals surface area contributed by atoms with E-state index in [1.165, 1.54) is 5.69 Å². The highest BCUT2D eigenvalue weighted by molar-refractivity contribution is 5.67. The Labute approximate surface area is 189 Å². The van der Waals surface area contributed by atoms with Crippen molar-refractivity contribution in [3.05, 3.63) is 60.2 Å². The number of rotatable bonds is 5. The maximum absolute atomic E-state index is 12.4. The summed E-state index contributed by atoms with van der Waals surface area (Å²) in [7, 11) is 0. The molecule has 170 valence electrons. The first-order chi connectivity index (χ1) is 15.8. The molecule has 0 spiro atoms. The van der Waals surface area contributed by atoms with Crippen molar-refractivity contribution >= 4 is 11.8 Å². The van der Waals surface area contributed by atoms with Gasteiger partial charge in [0, 0.05) is 50.8 Å². The van der Waals surface area contributed by atoms with Crippen molar-refractivity contribution in [1.82, 2.24) is 10.2 Å². The number of ether oxygens (including phenoxy) is 3. The molecule has 0 aliphatic carbocycles. The second kappa shape index (κ2) is 9.79. The van der Waals surface area contributed by atoms with Crippen molar-refractivity contribution in [1.29, 1.82) is 0 Å². The summed E-state index contributed by atoms with van der Waals surface area (Å²) >= 11 is 0. The standard InChI is InChI=1S/C25H31N3O4/c29-25(31-16-19-5-2-1-3-6-19)27-11-9-23(10-12-27)32-24-8-4-7-20(13-24)28-21-14-26-15-22(28)18-30-17-21/h1-8,13,21-23,26H,9-12,14-18H2/t21-,22+. The van der Waals surface area contributed by atoms with Crippen LogP contribution in [0.15, 0.2) is 54.6 Å². The highest BCUT2D eigenvalue weighted by Gasteiger charge is 2.35. The first kappa shape index (κ1) is 21.1. The molecule has 7 heteroatoms. The third kappa shape index (κ3) is 4.84. The van der Waals surface area contributed by atoms with Gasteiger partial charge in [0.25, 0.3) is 0 Å². The van der Waals surface area contributed by atoms with E-state index in [1.54, 1.807) is 4.90 Å². The third-order valence-electron chi connectivity index (χ3n) is 6.49. The lowest BCUT2D eigenvalue weighted by Gasteiger charge is -2.47. The topological polar surface area (TPSA) is 63.3 Å². The quantitative estimate of drug-likeness (QED) is 0.776. The lowest BCUT2D eigenvalue weighted by molar-refractivity contribution is 0.0525. The van der Waals surface area contributed by atoms with Crippen LogP contribution in [-0.4, -0.2) is 68.6 Å². The van der Waals surface area contributed by atoms with Gasteiger partial charge in [0.2, 0.25) is 0 Å². The molecule has 1 amide bonds. The Bertz CT molecular complexity index is 879. The Morgan fingerprint density at radius 1 is 1.00 bits per heavy atom. The number of nitrogens with zero attached hydrogens (tertiary/aromatic N) is 2. The zero-order valence-electron chi connectivity index (χ0n) is 18.3. The monoisotopic (exact) mass is 437 g/mol. The number of fused-ring (bicyclic) bond motifs is 2. The van der Waals surface area contributed by atoms with Crippen LogP contribution >= 0.6 is 0 Å². The molecule has 3 saturated heterocycles. The highest BCUT2D eigenvalue weighted by Crippen LogP contribution is 2.30. The van der Waals surface area contributed by atoms with Crippen LogP contribution in [0.2, 0.25) is 0 Å². The predicted molar refractivity (Wildman–Crippen MR) is 122 cm³/mol. The third-order valence-corrected chi connectivity index (χ3v) is 6.49. The summed E-state index contributed by atoms with van der Waals surface area (Å²) in [5, 5.41) is 3.50. The van der Waals surface area contributed by atoms with Crippen LogP contribution in [-0.2, 0) is 16.1 Å². The van der Waals surface area contributed by atoms with E-state index in [0.717, 1.165) is 50.5 Å². The molecular formula is C25H31N3O4. The highest BCUT2D eigenvalue weighted by atomic mass is 16.6. The minimum absolute atomic E-state index is 0.106. The van der Waals surface area contributed by atoms with Gasteiger partial charge in [-0.05, 0) is 17.7 Å². The lowest BCUT2D eigenvalue weighted by atomic mass is 10.0. The van der Waals surface area contributed by atoms with Crippen molar-refractivity contribution in [3.8, 4) is 5.75 Å². The number of morpholine rings is 1. The van der Waals surface area contributed by atoms with Crippen molar-refractivity contribution in [2.45, 2.75) is 37.6 Å². The molecular weight excluding hydrogens is 406 g/mol. The first-order valence-corrected chi connectivity index (χ1v) is 11.6. The van der Waals surface area contributed by atoms with Crippen LogP contribution in [0.25, 0.3) is 0 Å². The van der Waals surface area contributed by atoms with Gasteiger partial charge in [-0.15, -0.1) is 0 Å². The van der Waals surface area contributed by atoms with Gasteiger partial charge in [0.05, 0.1) is 25.3 Å². The molecule has 32 heavy (non-hydrogen) atoms. The van der Waals surface area contributed by atoms with Gasteiger partial charge in [0.1, 0.15) is 18.5 Å². The lowest BCUT2D eigenvalue weighted by Crippen LogP contribution is -2.64. The second-order valence-corrected chi connectivity index (χ2v) is 8.75. The van der Waals surface area contributed by atoms with Gasteiger partial charge in [-0.3, -0.25) is 0 Å². The van der Waals surface area contributed by atoms with Crippen molar-refractivity contribution in [3.63, 3.8) is 0 Å². The van der Waals surface area contributed by atoms with Crippen LogP contribution in [0.3, 0.4) is 0 Å². The van der Waals surface area contributed by atoms with Crippen LogP contribution in [0.4, 0.5) is 10.5 Å². The van der Waals surface area contributed by atoms with E-state index in [9.17, 15) is 4.79 Å². The number of carbonyl (C=O) groups excluding carboxylic acids is 1. The summed E-state index contributed by atoms with van der Waals surface area (Å²) in [6.07, 6.45) is 1.46. The molecule has 0 saturated carbocycles. The molecule has 2 aromatic rings. The van der Waals surface area contributed by atoms with Gasteiger partial charge in [-0.1, -0.05) is 36.4 Å². The molecule has 1 N–H and O–H groups in total. The van der Waals surface area contributed by atoms with Crippen LogP contribution in [0, 0.1) is 0 Å².